The maximum absolute atomic E-state index is 12.5. The third-order valence-electron chi connectivity index (χ3n) is 4.91. The SMILES string of the molecule is O=C(CCC1CCCCN1)N(CC1CCOC1)C1CC1. The van der Waals surface area contributed by atoms with Crippen molar-refractivity contribution < 1.29 is 9.53 Å². The van der Waals surface area contributed by atoms with Crippen LogP contribution in [0.15, 0.2) is 0 Å². The molecule has 3 rings (SSSR count). The molecule has 4 heteroatoms. The largest absolute Gasteiger partial charge is 0.381 e. The number of nitrogens with one attached hydrogen (secondary N) is 1. The molecule has 20 heavy (non-hydrogen) atoms. The molecule has 2 heterocycles. The van der Waals surface area contributed by atoms with Crippen LogP contribution in [0.3, 0.4) is 0 Å². The highest BCUT2D eigenvalue weighted by Crippen LogP contribution is 2.30. The zero-order chi connectivity index (χ0) is 13.8. The molecule has 2 unspecified atom stereocenters. The maximum Gasteiger partial charge on any atom is 0.222 e. The molecule has 1 saturated carbocycles. The van der Waals surface area contributed by atoms with Gasteiger partial charge in [0.05, 0.1) is 6.61 Å². The number of ether oxygens (including phenoxy) is 1. The van der Waals surface area contributed by atoms with Gasteiger partial charge < -0.3 is 15.0 Å². The Morgan fingerprint density at radius 1 is 1.20 bits per heavy atom. The van der Waals surface area contributed by atoms with Crippen LogP contribution in [0, 0.1) is 5.92 Å². The molecule has 4 nitrogen and oxygen atoms in total. The molecule has 0 radical (unpaired) electrons. The Balaban J connectivity index is 1.44. The molecule has 2 atom stereocenters. The van der Waals surface area contributed by atoms with Crippen molar-refractivity contribution in [2.45, 2.75) is 63.5 Å². The summed E-state index contributed by atoms with van der Waals surface area (Å²) in [6.45, 7) is 3.79. The summed E-state index contributed by atoms with van der Waals surface area (Å²) >= 11 is 0. The number of piperidine rings is 1. The van der Waals surface area contributed by atoms with Crippen LogP contribution in [-0.4, -0.2) is 49.2 Å². The zero-order valence-electron chi connectivity index (χ0n) is 12.5. The number of nitrogens with zero attached hydrogens (tertiary/aromatic N) is 1. The van der Waals surface area contributed by atoms with E-state index in [1.54, 1.807) is 0 Å². The van der Waals surface area contributed by atoms with Crippen LogP contribution < -0.4 is 5.32 Å². The molecule has 0 spiro atoms. The van der Waals surface area contributed by atoms with E-state index in [1.165, 1.54) is 32.1 Å². The fraction of sp³-hybridized carbons (Fsp3) is 0.938. The van der Waals surface area contributed by atoms with Gasteiger partial charge in [0.15, 0.2) is 0 Å². The van der Waals surface area contributed by atoms with Crippen LogP contribution in [-0.2, 0) is 9.53 Å². The Morgan fingerprint density at radius 2 is 2.10 bits per heavy atom. The standard InChI is InChI=1S/C16H28N2O2/c19-16(7-4-14-3-1-2-9-17-14)18(15-5-6-15)11-13-8-10-20-12-13/h13-15,17H,1-12H2. The molecular formula is C16H28N2O2. The summed E-state index contributed by atoms with van der Waals surface area (Å²) in [5.74, 6) is 0.958. The molecule has 114 valence electrons. The van der Waals surface area contributed by atoms with Crippen molar-refractivity contribution in [2.24, 2.45) is 5.92 Å². The zero-order valence-corrected chi connectivity index (χ0v) is 12.5. The van der Waals surface area contributed by atoms with E-state index in [-0.39, 0.29) is 0 Å². The van der Waals surface area contributed by atoms with Gasteiger partial charge in [0.1, 0.15) is 0 Å². The van der Waals surface area contributed by atoms with Crippen molar-refractivity contribution in [3.8, 4) is 0 Å². The Labute approximate surface area is 122 Å². The fourth-order valence-electron chi connectivity index (χ4n) is 3.46. The fourth-order valence-corrected chi connectivity index (χ4v) is 3.46. The lowest BCUT2D eigenvalue weighted by atomic mass is 10.00. The second-order valence-corrected chi connectivity index (χ2v) is 6.69. The number of rotatable bonds is 6. The first kappa shape index (κ1) is 14.3. The summed E-state index contributed by atoms with van der Waals surface area (Å²) in [5, 5.41) is 3.54. The summed E-state index contributed by atoms with van der Waals surface area (Å²) in [7, 11) is 0. The van der Waals surface area contributed by atoms with Crippen LogP contribution in [0.1, 0.15) is 51.4 Å². The molecule has 0 aromatic rings. The van der Waals surface area contributed by atoms with E-state index in [0.717, 1.165) is 45.6 Å². The monoisotopic (exact) mass is 280 g/mol. The maximum atomic E-state index is 12.5. The van der Waals surface area contributed by atoms with Crippen LogP contribution in [0.25, 0.3) is 0 Å². The Hall–Kier alpha value is -0.610. The molecule has 0 aromatic carbocycles. The van der Waals surface area contributed by atoms with Gasteiger partial charge in [0, 0.05) is 37.6 Å². The van der Waals surface area contributed by atoms with Crippen LogP contribution in [0.5, 0.6) is 0 Å². The van der Waals surface area contributed by atoms with Gasteiger partial charge in [-0.3, -0.25) is 4.79 Å². The molecule has 0 bridgehead atoms. The lowest BCUT2D eigenvalue weighted by Gasteiger charge is -2.27. The highest BCUT2D eigenvalue weighted by atomic mass is 16.5. The van der Waals surface area contributed by atoms with Crippen LogP contribution in [0.2, 0.25) is 0 Å². The molecule has 3 aliphatic rings. The highest BCUT2D eigenvalue weighted by molar-refractivity contribution is 5.77. The number of carbonyl (C=O) groups is 1. The Bertz CT molecular complexity index is 318. The van der Waals surface area contributed by atoms with Gasteiger partial charge >= 0.3 is 0 Å². The summed E-state index contributed by atoms with van der Waals surface area (Å²) in [4.78, 5) is 14.7. The third kappa shape index (κ3) is 3.95. The van der Waals surface area contributed by atoms with E-state index in [4.69, 9.17) is 4.74 Å². The first-order chi connectivity index (χ1) is 9.83. The minimum atomic E-state index is 0.381. The van der Waals surface area contributed by atoms with Crippen molar-refractivity contribution in [1.82, 2.24) is 10.2 Å². The van der Waals surface area contributed by atoms with Gasteiger partial charge in [-0.2, -0.15) is 0 Å². The van der Waals surface area contributed by atoms with E-state index in [0.29, 0.717) is 23.9 Å². The van der Waals surface area contributed by atoms with E-state index < -0.39 is 0 Å². The molecule has 1 N–H and O–H groups in total. The predicted octanol–water partition coefficient (Wildman–Crippen LogP) is 1.94. The number of hydrogen-bond acceptors (Lipinski definition) is 3. The van der Waals surface area contributed by atoms with E-state index in [2.05, 4.69) is 10.2 Å². The van der Waals surface area contributed by atoms with Crippen molar-refractivity contribution in [1.29, 1.82) is 0 Å². The molecule has 0 aromatic heterocycles. The average Bonchev–Trinajstić information content (AvgIpc) is 3.20. The summed E-state index contributed by atoms with van der Waals surface area (Å²) in [6, 6.07) is 1.12. The number of hydrogen-bond donors (Lipinski definition) is 1. The van der Waals surface area contributed by atoms with Crippen LogP contribution in [0.4, 0.5) is 0 Å². The topological polar surface area (TPSA) is 41.6 Å². The van der Waals surface area contributed by atoms with Gasteiger partial charge in [-0.05, 0) is 45.1 Å². The van der Waals surface area contributed by atoms with Gasteiger partial charge in [-0.1, -0.05) is 6.42 Å². The summed E-state index contributed by atoms with van der Waals surface area (Å²) < 4.78 is 5.45. The minimum absolute atomic E-state index is 0.381. The van der Waals surface area contributed by atoms with Crippen molar-refractivity contribution >= 4 is 5.91 Å². The molecule has 1 aliphatic carbocycles. The lowest BCUT2D eigenvalue weighted by molar-refractivity contribution is -0.132. The van der Waals surface area contributed by atoms with Crippen molar-refractivity contribution in [3.05, 3.63) is 0 Å². The first-order valence-corrected chi connectivity index (χ1v) is 8.43. The number of carbonyl (C=O) groups excluding carboxylic acids is 1. The lowest BCUT2D eigenvalue weighted by Crippen LogP contribution is -2.39. The van der Waals surface area contributed by atoms with Gasteiger partial charge in [-0.25, -0.2) is 0 Å². The quantitative estimate of drug-likeness (QED) is 0.808. The number of amides is 1. The average molecular weight is 280 g/mol. The summed E-state index contributed by atoms with van der Waals surface area (Å²) in [6.07, 6.45) is 9.14. The minimum Gasteiger partial charge on any atom is -0.381 e. The van der Waals surface area contributed by atoms with Gasteiger partial charge in [-0.15, -0.1) is 0 Å². The first-order valence-electron chi connectivity index (χ1n) is 8.43. The smallest absolute Gasteiger partial charge is 0.222 e. The van der Waals surface area contributed by atoms with E-state index >= 15 is 0 Å². The predicted molar refractivity (Wildman–Crippen MR) is 78.5 cm³/mol. The van der Waals surface area contributed by atoms with Crippen molar-refractivity contribution in [3.63, 3.8) is 0 Å². The second-order valence-electron chi connectivity index (χ2n) is 6.69. The van der Waals surface area contributed by atoms with Gasteiger partial charge in [0.2, 0.25) is 5.91 Å². The molecule has 2 aliphatic heterocycles. The Kier molecular flexibility index (Phi) is 4.94. The van der Waals surface area contributed by atoms with E-state index in [9.17, 15) is 4.79 Å². The molecule has 3 fully saturated rings. The molecule has 2 saturated heterocycles. The molecule has 1 amide bonds. The summed E-state index contributed by atoms with van der Waals surface area (Å²) in [5.41, 5.74) is 0. The Morgan fingerprint density at radius 3 is 2.75 bits per heavy atom. The highest BCUT2D eigenvalue weighted by Gasteiger charge is 2.34. The third-order valence-corrected chi connectivity index (χ3v) is 4.91. The second kappa shape index (κ2) is 6.90. The van der Waals surface area contributed by atoms with E-state index in [1.807, 2.05) is 0 Å². The van der Waals surface area contributed by atoms with Gasteiger partial charge in [0.25, 0.3) is 0 Å². The molecular weight excluding hydrogens is 252 g/mol. The van der Waals surface area contributed by atoms with Crippen molar-refractivity contribution in [2.75, 3.05) is 26.3 Å². The normalized spacial score (nSPS) is 30.4. The van der Waals surface area contributed by atoms with Crippen LogP contribution >= 0.6 is 0 Å².